The summed E-state index contributed by atoms with van der Waals surface area (Å²) in [7, 11) is 1.37. The molecule has 3 rings (SSSR count). The number of aromatic nitrogens is 1. The predicted molar refractivity (Wildman–Crippen MR) is 102 cm³/mol. The molecule has 0 atom stereocenters. The Morgan fingerprint density at radius 1 is 1.12 bits per heavy atom. The predicted octanol–water partition coefficient (Wildman–Crippen LogP) is 4.34. The summed E-state index contributed by atoms with van der Waals surface area (Å²) in [5, 5.41) is 9.83. The van der Waals surface area contributed by atoms with Crippen LogP contribution in [0.5, 0.6) is 5.75 Å². The largest absolute Gasteiger partial charge is 0.506 e. The molecule has 0 saturated carbocycles. The number of methoxy groups -OCH3 is 1. The fraction of sp³-hybridized carbons (Fsp3) is 0.143. The highest BCUT2D eigenvalue weighted by atomic mass is 16.5. The molecule has 0 saturated heterocycles. The number of aromatic hydroxyl groups is 1. The van der Waals surface area contributed by atoms with Crippen LogP contribution in [0.25, 0.3) is 5.69 Å². The number of phenolic OH excluding ortho intramolecular Hbond substituents is 1. The molecule has 3 aromatic rings. The Hall–Kier alpha value is -3.34. The number of hydrogen-bond acceptors (Lipinski definition) is 4. The van der Waals surface area contributed by atoms with Crippen molar-refractivity contribution in [3.05, 3.63) is 77.1 Å². The smallest absolute Gasteiger partial charge is 0.337 e. The SMILES string of the molecule is COC(=O)c1ccc(-n2c(C)cc(C=Nc3ccccc3O)c2C)cc1. The molecule has 1 N–H and O–H groups in total. The van der Waals surface area contributed by atoms with Crippen LogP contribution in [0.4, 0.5) is 5.69 Å². The molecule has 5 heteroatoms. The van der Waals surface area contributed by atoms with E-state index in [-0.39, 0.29) is 11.7 Å². The quantitative estimate of drug-likeness (QED) is 0.563. The zero-order chi connectivity index (χ0) is 18.7. The number of carbonyl (C=O) groups is 1. The molecule has 5 nitrogen and oxygen atoms in total. The van der Waals surface area contributed by atoms with Crippen LogP contribution in [0.3, 0.4) is 0 Å². The second-order valence-electron chi connectivity index (χ2n) is 5.95. The van der Waals surface area contributed by atoms with Crippen molar-refractivity contribution in [1.82, 2.24) is 4.57 Å². The maximum atomic E-state index is 11.6. The van der Waals surface area contributed by atoms with E-state index in [2.05, 4.69) is 9.56 Å². The van der Waals surface area contributed by atoms with Crippen LogP contribution in [-0.4, -0.2) is 29.0 Å². The molecular formula is C21H20N2O3. The number of aliphatic imine (C=N–C) groups is 1. The third-order valence-corrected chi connectivity index (χ3v) is 4.24. The third kappa shape index (κ3) is 3.37. The van der Waals surface area contributed by atoms with Crippen LogP contribution in [0, 0.1) is 13.8 Å². The second kappa shape index (κ2) is 7.27. The normalized spacial score (nSPS) is 11.0. The summed E-state index contributed by atoms with van der Waals surface area (Å²) in [4.78, 5) is 16.0. The number of para-hydroxylation sites is 2. The molecule has 0 aliphatic rings. The molecule has 0 fully saturated rings. The van der Waals surface area contributed by atoms with Crippen molar-refractivity contribution in [2.45, 2.75) is 13.8 Å². The van der Waals surface area contributed by atoms with Gasteiger partial charge in [0, 0.05) is 28.9 Å². The van der Waals surface area contributed by atoms with Crippen LogP contribution < -0.4 is 0 Å². The lowest BCUT2D eigenvalue weighted by molar-refractivity contribution is 0.0600. The highest BCUT2D eigenvalue weighted by molar-refractivity contribution is 5.89. The van der Waals surface area contributed by atoms with E-state index in [1.807, 2.05) is 38.1 Å². The molecular weight excluding hydrogens is 328 g/mol. The third-order valence-electron chi connectivity index (χ3n) is 4.24. The van der Waals surface area contributed by atoms with E-state index in [1.165, 1.54) is 7.11 Å². The van der Waals surface area contributed by atoms with E-state index in [4.69, 9.17) is 4.74 Å². The Kier molecular flexibility index (Phi) is 4.89. The lowest BCUT2D eigenvalue weighted by atomic mass is 10.2. The van der Waals surface area contributed by atoms with Crippen molar-refractivity contribution in [3.8, 4) is 11.4 Å². The summed E-state index contributed by atoms with van der Waals surface area (Å²) in [5.41, 5.74) is 5.02. The molecule has 26 heavy (non-hydrogen) atoms. The van der Waals surface area contributed by atoms with Gasteiger partial charge < -0.3 is 14.4 Å². The molecule has 0 amide bonds. The number of benzene rings is 2. The maximum absolute atomic E-state index is 11.6. The first-order valence-corrected chi connectivity index (χ1v) is 8.21. The number of aryl methyl sites for hydroxylation is 1. The Balaban J connectivity index is 1.93. The highest BCUT2D eigenvalue weighted by Gasteiger charge is 2.11. The summed E-state index contributed by atoms with van der Waals surface area (Å²) < 4.78 is 6.82. The zero-order valence-electron chi connectivity index (χ0n) is 14.9. The first kappa shape index (κ1) is 17.5. The lowest BCUT2D eigenvalue weighted by Gasteiger charge is -2.10. The highest BCUT2D eigenvalue weighted by Crippen LogP contribution is 2.26. The molecule has 0 radical (unpaired) electrons. The van der Waals surface area contributed by atoms with Crippen LogP contribution in [0.2, 0.25) is 0 Å². The molecule has 0 aliphatic carbocycles. The molecule has 2 aromatic carbocycles. The van der Waals surface area contributed by atoms with E-state index in [0.29, 0.717) is 11.3 Å². The van der Waals surface area contributed by atoms with Crippen LogP contribution >= 0.6 is 0 Å². The van der Waals surface area contributed by atoms with Gasteiger partial charge in [0.2, 0.25) is 0 Å². The monoisotopic (exact) mass is 348 g/mol. The Labute approximate surface area is 152 Å². The number of ether oxygens (including phenoxy) is 1. The van der Waals surface area contributed by atoms with Gasteiger partial charge in [0.1, 0.15) is 11.4 Å². The maximum Gasteiger partial charge on any atom is 0.337 e. The van der Waals surface area contributed by atoms with Crippen molar-refractivity contribution < 1.29 is 14.6 Å². The molecule has 0 bridgehead atoms. The minimum Gasteiger partial charge on any atom is -0.506 e. The van der Waals surface area contributed by atoms with E-state index in [9.17, 15) is 9.90 Å². The van der Waals surface area contributed by atoms with Gasteiger partial charge in [-0.05, 0) is 56.3 Å². The van der Waals surface area contributed by atoms with Crippen molar-refractivity contribution in [1.29, 1.82) is 0 Å². The van der Waals surface area contributed by atoms with Crippen molar-refractivity contribution in [2.24, 2.45) is 4.99 Å². The summed E-state index contributed by atoms with van der Waals surface area (Å²) in [5.74, 6) is -0.205. The van der Waals surface area contributed by atoms with Crippen molar-refractivity contribution in [3.63, 3.8) is 0 Å². The Morgan fingerprint density at radius 2 is 1.81 bits per heavy atom. The topological polar surface area (TPSA) is 63.8 Å². The van der Waals surface area contributed by atoms with Crippen LogP contribution in [-0.2, 0) is 4.74 Å². The number of carbonyl (C=O) groups excluding carboxylic acids is 1. The van der Waals surface area contributed by atoms with Gasteiger partial charge >= 0.3 is 5.97 Å². The summed E-state index contributed by atoms with van der Waals surface area (Å²) in [6.07, 6.45) is 1.75. The van der Waals surface area contributed by atoms with Gasteiger partial charge in [-0.25, -0.2) is 4.79 Å². The number of phenols is 1. The molecule has 1 heterocycles. The van der Waals surface area contributed by atoms with Gasteiger partial charge in [-0.15, -0.1) is 0 Å². The van der Waals surface area contributed by atoms with Gasteiger partial charge in [0.15, 0.2) is 0 Å². The van der Waals surface area contributed by atoms with Gasteiger partial charge in [-0.3, -0.25) is 4.99 Å². The molecule has 132 valence electrons. The fourth-order valence-corrected chi connectivity index (χ4v) is 2.89. The number of rotatable bonds is 4. The number of hydrogen-bond donors (Lipinski definition) is 1. The average molecular weight is 348 g/mol. The van der Waals surface area contributed by atoms with Gasteiger partial charge in [-0.2, -0.15) is 0 Å². The number of esters is 1. The zero-order valence-corrected chi connectivity index (χ0v) is 14.9. The molecule has 0 unspecified atom stereocenters. The van der Waals surface area contributed by atoms with Crippen LogP contribution in [0.1, 0.15) is 27.3 Å². The Bertz CT molecular complexity index is 969. The van der Waals surface area contributed by atoms with E-state index in [1.54, 1.807) is 36.5 Å². The molecule has 1 aromatic heterocycles. The van der Waals surface area contributed by atoms with Gasteiger partial charge in [-0.1, -0.05) is 12.1 Å². The Morgan fingerprint density at radius 3 is 2.46 bits per heavy atom. The molecule has 0 aliphatic heterocycles. The fourth-order valence-electron chi connectivity index (χ4n) is 2.89. The lowest BCUT2D eigenvalue weighted by Crippen LogP contribution is -2.03. The molecule has 0 spiro atoms. The first-order chi connectivity index (χ1) is 12.5. The number of nitrogens with zero attached hydrogens (tertiary/aromatic N) is 2. The van der Waals surface area contributed by atoms with Crippen LogP contribution in [0.15, 0.2) is 59.6 Å². The summed E-state index contributed by atoms with van der Waals surface area (Å²) >= 11 is 0. The van der Waals surface area contributed by atoms with Gasteiger partial charge in [0.25, 0.3) is 0 Å². The van der Waals surface area contributed by atoms with Crippen molar-refractivity contribution >= 4 is 17.9 Å². The van der Waals surface area contributed by atoms with E-state index >= 15 is 0 Å². The van der Waals surface area contributed by atoms with E-state index in [0.717, 1.165) is 22.6 Å². The first-order valence-electron chi connectivity index (χ1n) is 8.21. The van der Waals surface area contributed by atoms with E-state index < -0.39 is 0 Å². The summed E-state index contributed by atoms with van der Waals surface area (Å²) in [6, 6.07) is 16.3. The average Bonchev–Trinajstić information content (AvgIpc) is 2.94. The van der Waals surface area contributed by atoms with Gasteiger partial charge in [0.05, 0.1) is 12.7 Å². The standard InChI is InChI=1S/C21H20N2O3/c1-14-12-17(13-22-19-6-4-5-7-20(19)24)15(2)23(14)18-10-8-16(9-11-18)21(25)26-3/h4-13,24H,1-3H3. The minimum absolute atomic E-state index is 0.149. The second-order valence-corrected chi connectivity index (χ2v) is 5.95. The van der Waals surface area contributed by atoms with Crippen molar-refractivity contribution in [2.75, 3.05) is 7.11 Å². The summed E-state index contributed by atoms with van der Waals surface area (Å²) in [6.45, 7) is 4.02. The minimum atomic E-state index is -0.354.